The molecule has 2 aromatic rings. The summed E-state index contributed by atoms with van der Waals surface area (Å²) in [6, 6.07) is 15.1. The molecule has 0 aliphatic carbocycles. The van der Waals surface area contributed by atoms with Gasteiger partial charge in [0, 0.05) is 17.6 Å². The van der Waals surface area contributed by atoms with E-state index in [0.29, 0.717) is 13.1 Å². The van der Waals surface area contributed by atoms with Crippen LogP contribution in [0.5, 0.6) is 5.75 Å². The van der Waals surface area contributed by atoms with Crippen molar-refractivity contribution in [2.45, 2.75) is 39.5 Å². The Labute approximate surface area is 198 Å². The molecule has 0 fully saturated rings. The quantitative estimate of drug-likeness (QED) is 0.430. The molecule has 0 aromatic heterocycles. The predicted molar refractivity (Wildman–Crippen MR) is 129 cm³/mol. The highest BCUT2D eigenvalue weighted by Crippen LogP contribution is 2.20. The van der Waals surface area contributed by atoms with E-state index in [9.17, 15) is 9.59 Å². The molecular formula is C25H31BrN2O4. The van der Waals surface area contributed by atoms with Gasteiger partial charge in [0.2, 0.25) is 5.91 Å². The number of benzene rings is 2. The van der Waals surface area contributed by atoms with E-state index in [2.05, 4.69) is 22.5 Å². The van der Waals surface area contributed by atoms with E-state index in [4.69, 9.17) is 9.47 Å². The van der Waals surface area contributed by atoms with Gasteiger partial charge in [-0.05, 0) is 50.1 Å². The summed E-state index contributed by atoms with van der Waals surface area (Å²) in [5, 5.41) is 0. The fraction of sp³-hybridized carbons (Fsp3) is 0.360. The minimum absolute atomic E-state index is 0.111. The van der Waals surface area contributed by atoms with Gasteiger partial charge in [0.05, 0.1) is 13.7 Å². The van der Waals surface area contributed by atoms with E-state index in [1.165, 1.54) is 4.90 Å². The lowest BCUT2D eigenvalue weighted by molar-refractivity contribution is -0.132. The molecule has 0 aliphatic heterocycles. The van der Waals surface area contributed by atoms with Crippen molar-refractivity contribution in [3.8, 4) is 5.75 Å². The third kappa shape index (κ3) is 8.04. The van der Waals surface area contributed by atoms with Crippen LogP contribution in [0.1, 0.15) is 31.9 Å². The van der Waals surface area contributed by atoms with Gasteiger partial charge in [0.25, 0.3) is 0 Å². The molecule has 0 spiro atoms. The van der Waals surface area contributed by atoms with Crippen LogP contribution in [0.4, 0.5) is 4.79 Å². The molecule has 0 atom stereocenters. The zero-order valence-corrected chi connectivity index (χ0v) is 20.7. The zero-order chi connectivity index (χ0) is 23.7. The third-order valence-electron chi connectivity index (χ3n) is 4.53. The Bertz CT molecular complexity index is 922. The van der Waals surface area contributed by atoms with Crippen LogP contribution >= 0.6 is 15.9 Å². The van der Waals surface area contributed by atoms with Gasteiger partial charge in [0.15, 0.2) is 0 Å². The fourth-order valence-corrected chi connectivity index (χ4v) is 3.38. The van der Waals surface area contributed by atoms with Gasteiger partial charge in [-0.2, -0.15) is 0 Å². The maximum atomic E-state index is 13.2. The normalized spacial score (nSPS) is 10.9. The zero-order valence-electron chi connectivity index (χ0n) is 19.1. The topological polar surface area (TPSA) is 59.1 Å². The average molecular weight is 503 g/mol. The molecule has 172 valence electrons. The van der Waals surface area contributed by atoms with Gasteiger partial charge in [0.1, 0.15) is 17.9 Å². The van der Waals surface area contributed by atoms with Crippen LogP contribution in [-0.4, -0.2) is 47.6 Å². The highest BCUT2D eigenvalue weighted by Gasteiger charge is 2.26. The summed E-state index contributed by atoms with van der Waals surface area (Å²) in [5.74, 6) is 0.554. The second kappa shape index (κ2) is 11.7. The lowest BCUT2D eigenvalue weighted by atomic mass is 10.2. The minimum Gasteiger partial charge on any atom is -0.497 e. The molecule has 0 N–H and O–H groups in total. The van der Waals surface area contributed by atoms with Gasteiger partial charge in [-0.15, -0.1) is 6.58 Å². The second-order valence-corrected chi connectivity index (χ2v) is 9.19. The van der Waals surface area contributed by atoms with E-state index < -0.39 is 11.7 Å². The van der Waals surface area contributed by atoms with E-state index in [-0.39, 0.29) is 19.0 Å². The minimum atomic E-state index is -0.670. The van der Waals surface area contributed by atoms with Gasteiger partial charge in [-0.25, -0.2) is 4.79 Å². The van der Waals surface area contributed by atoms with Crippen molar-refractivity contribution >= 4 is 27.9 Å². The lowest BCUT2D eigenvalue weighted by Crippen LogP contribution is -2.44. The molecule has 7 heteroatoms. The smallest absolute Gasteiger partial charge is 0.411 e. The molecule has 0 bridgehead atoms. The fourth-order valence-electron chi connectivity index (χ4n) is 2.97. The van der Waals surface area contributed by atoms with E-state index >= 15 is 0 Å². The van der Waals surface area contributed by atoms with Crippen LogP contribution < -0.4 is 4.74 Å². The second-order valence-electron chi connectivity index (χ2n) is 8.34. The molecule has 2 amide bonds. The predicted octanol–water partition coefficient (Wildman–Crippen LogP) is 5.41. The first kappa shape index (κ1) is 25.5. The Morgan fingerprint density at radius 1 is 1.03 bits per heavy atom. The van der Waals surface area contributed by atoms with Crippen LogP contribution in [0.2, 0.25) is 0 Å². The molecule has 6 nitrogen and oxygen atoms in total. The van der Waals surface area contributed by atoms with Crippen molar-refractivity contribution in [1.29, 1.82) is 0 Å². The van der Waals surface area contributed by atoms with Crippen LogP contribution in [0.15, 0.2) is 65.7 Å². The molecule has 0 heterocycles. The Kier molecular flexibility index (Phi) is 9.32. The summed E-state index contributed by atoms with van der Waals surface area (Å²) >= 11 is 3.51. The highest BCUT2D eigenvalue weighted by molar-refractivity contribution is 9.10. The molecular weight excluding hydrogens is 472 g/mol. The van der Waals surface area contributed by atoms with Gasteiger partial charge >= 0.3 is 6.09 Å². The lowest BCUT2D eigenvalue weighted by Gasteiger charge is -2.29. The number of methoxy groups -OCH3 is 1. The van der Waals surface area contributed by atoms with Crippen LogP contribution in [0, 0.1) is 0 Å². The van der Waals surface area contributed by atoms with Gasteiger partial charge in [-0.3, -0.25) is 9.69 Å². The molecule has 2 aromatic carbocycles. The van der Waals surface area contributed by atoms with Crippen molar-refractivity contribution in [2.24, 2.45) is 0 Å². The Hall–Kier alpha value is -2.80. The summed E-state index contributed by atoms with van der Waals surface area (Å²) in [6.45, 7) is 10.1. The van der Waals surface area contributed by atoms with Crippen LogP contribution in [0.25, 0.3) is 0 Å². The van der Waals surface area contributed by atoms with Crippen molar-refractivity contribution < 1.29 is 19.1 Å². The van der Waals surface area contributed by atoms with E-state index in [0.717, 1.165) is 21.3 Å². The summed E-state index contributed by atoms with van der Waals surface area (Å²) in [5.41, 5.74) is 1.17. The summed E-state index contributed by atoms with van der Waals surface area (Å²) in [7, 11) is 1.61. The molecule has 2 rings (SSSR count). The molecule has 0 radical (unpaired) electrons. The summed E-state index contributed by atoms with van der Waals surface area (Å²) < 4.78 is 11.6. The van der Waals surface area contributed by atoms with Gasteiger partial charge in [-0.1, -0.05) is 52.3 Å². The monoisotopic (exact) mass is 502 g/mol. The number of ether oxygens (including phenoxy) is 2. The van der Waals surface area contributed by atoms with Crippen molar-refractivity contribution in [3.63, 3.8) is 0 Å². The largest absolute Gasteiger partial charge is 0.497 e. The van der Waals surface area contributed by atoms with E-state index in [1.807, 2.05) is 48.5 Å². The number of nitrogens with zero attached hydrogens (tertiary/aromatic N) is 2. The number of carbonyl (C=O) groups excluding carboxylic acids is 2. The molecule has 0 unspecified atom stereocenters. The number of carbonyl (C=O) groups is 2. The van der Waals surface area contributed by atoms with E-state index in [1.54, 1.807) is 38.9 Å². The molecule has 0 saturated heterocycles. The number of halogens is 1. The maximum Gasteiger partial charge on any atom is 0.411 e. The summed E-state index contributed by atoms with van der Waals surface area (Å²) in [4.78, 5) is 29.2. The SMILES string of the molecule is C=CCN(Cc1ccc(OC)cc1)C(=O)CN(Cc1ccccc1Br)C(=O)OC(C)(C)C. The number of hydrogen-bond acceptors (Lipinski definition) is 4. The Morgan fingerprint density at radius 2 is 1.69 bits per heavy atom. The first-order valence-corrected chi connectivity index (χ1v) is 11.1. The van der Waals surface area contributed by atoms with Gasteiger partial charge < -0.3 is 14.4 Å². The molecule has 0 aliphatic rings. The molecule has 0 saturated carbocycles. The molecule has 32 heavy (non-hydrogen) atoms. The Balaban J connectivity index is 2.21. The maximum absolute atomic E-state index is 13.2. The Morgan fingerprint density at radius 3 is 2.25 bits per heavy atom. The standard InChI is InChI=1S/C25H31BrN2O4/c1-6-15-27(16-19-11-13-21(31-5)14-12-19)23(29)18-28(24(30)32-25(2,3)4)17-20-9-7-8-10-22(20)26/h6-14H,1,15-18H2,2-5H3. The average Bonchev–Trinajstić information content (AvgIpc) is 2.73. The number of rotatable bonds is 9. The van der Waals surface area contributed by atoms with Crippen molar-refractivity contribution in [1.82, 2.24) is 9.80 Å². The highest BCUT2D eigenvalue weighted by atomic mass is 79.9. The van der Waals surface area contributed by atoms with Crippen molar-refractivity contribution in [2.75, 3.05) is 20.2 Å². The third-order valence-corrected chi connectivity index (χ3v) is 5.31. The summed E-state index contributed by atoms with van der Waals surface area (Å²) in [6.07, 6.45) is 1.14. The number of hydrogen-bond donors (Lipinski definition) is 0. The first-order chi connectivity index (χ1) is 15.1. The van der Waals surface area contributed by atoms with Crippen molar-refractivity contribution in [3.05, 3.63) is 76.8 Å². The van der Waals surface area contributed by atoms with Crippen LogP contribution in [-0.2, 0) is 22.6 Å². The first-order valence-electron chi connectivity index (χ1n) is 10.4. The number of amides is 2. The van der Waals surface area contributed by atoms with Crippen LogP contribution in [0.3, 0.4) is 0 Å².